The monoisotopic (exact) mass is 603 g/mol. The number of nitrogens with one attached hydrogen (secondary N) is 2. The molecule has 1 aromatic carbocycles. The lowest BCUT2D eigenvalue weighted by Crippen LogP contribution is -2.46. The third-order valence-electron chi connectivity index (χ3n) is 9.02. The summed E-state index contributed by atoms with van der Waals surface area (Å²) in [5, 5.41) is 17.2. The summed E-state index contributed by atoms with van der Waals surface area (Å²) in [4.78, 5) is 42.0. The predicted molar refractivity (Wildman–Crippen MR) is 161 cm³/mol. The van der Waals surface area contributed by atoms with Gasteiger partial charge in [0.05, 0.1) is 12.3 Å². The van der Waals surface area contributed by atoms with Crippen LogP contribution in [0.2, 0.25) is 0 Å². The Labute approximate surface area is 257 Å². The largest absolute Gasteiger partial charge is 0.446 e. The van der Waals surface area contributed by atoms with E-state index in [4.69, 9.17) is 9.15 Å². The molecule has 12 heteroatoms. The molecule has 0 bridgehead atoms. The van der Waals surface area contributed by atoms with E-state index in [1.165, 1.54) is 23.8 Å². The van der Waals surface area contributed by atoms with Crippen LogP contribution in [0.25, 0.3) is 0 Å². The summed E-state index contributed by atoms with van der Waals surface area (Å²) < 4.78 is 11.6. The molecule has 1 unspecified atom stereocenters. The number of aromatic nitrogens is 3. The van der Waals surface area contributed by atoms with Gasteiger partial charge >= 0.3 is 0 Å². The molecular weight excluding hydrogens is 562 g/mol. The third kappa shape index (κ3) is 7.09. The number of oxazole rings is 1. The number of aliphatic hydroxyl groups excluding tert-OH is 1. The smallest absolute Gasteiger partial charge is 0.270 e. The Morgan fingerprint density at radius 1 is 1.16 bits per heavy atom. The maximum atomic E-state index is 13.0. The molecule has 44 heavy (non-hydrogen) atoms. The minimum absolute atomic E-state index is 0.0606. The molecule has 2 amide bonds. The van der Waals surface area contributed by atoms with Gasteiger partial charge in [0.15, 0.2) is 6.39 Å². The van der Waals surface area contributed by atoms with E-state index >= 15 is 0 Å². The Morgan fingerprint density at radius 2 is 2.00 bits per heavy atom. The second kappa shape index (κ2) is 13.8. The molecule has 2 aromatic heterocycles. The first-order valence-electron chi connectivity index (χ1n) is 15.6. The minimum Gasteiger partial charge on any atom is -0.446 e. The lowest BCUT2D eigenvalue weighted by molar-refractivity contribution is -0.139. The number of rotatable bonds is 11. The summed E-state index contributed by atoms with van der Waals surface area (Å²) in [7, 11) is 0. The normalized spacial score (nSPS) is 20.0. The average molecular weight is 604 g/mol. The predicted octanol–water partition coefficient (Wildman–Crippen LogP) is 2.84. The zero-order valence-corrected chi connectivity index (χ0v) is 25.2. The van der Waals surface area contributed by atoms with Crippen molar-refractivity contribution < 1.29 is 23.8 Å². The Kier molecular flexibility index (Phi) is 9.48. The van der Waals surface area contributed by atoms with Crippen molar-refractivity contribution in [3.63, 3.8) is 0 Å². The van der Waals surface area contributed by atoms with Crippen molar-refractivity contribution in [1.29, 1.82) is 0 Å². The molecule has 6 rings (SSSR count). The van der Waals surface area contributed by atoms with Gasteiger partial charge in [-0.15, -0.1) is 0 Å². The summed E-state index contributed by atoms with van der Waals surface area (Å²) in [6, 6.07) is 7.98. The first-order valence-corrected chi connectivity index (χ1v) is 15.6. The van der Waals surface area contributed by atoms with Gasteiger partial charge in [-0.3, -0.25) is 14.5 Å². The molecule has 1 saturated heterocycles. The SMILES string of the molecule is Cc1cccc2c1CCN(C[C@@H](O)CNC(=O)c1cc(NC3CCN(C(=O)C4CCC4)CC3)ncn1)C2OCc1cnco1. The van der Waals surface area contributed by atoms with Gasteiger partial charge in [0, 0.05) is 50.7 Å². The maximum absolute atomic E-state index is 13.0. The van der Waals surface area contributed by atoms with Crippen LogP contribution < -0.4 is 10.6 Å². The molecule has 234 valence electrons. The maximum Gasteiger partial charge on any atom is 0.270 e. The van der Waals surface area contributed by atoms with E-state index in [0.29, 0.717) is 30.6 Å². The number of benzene rings is 1. The molecule has 3 aromatic rings. The summed E-state index contributed by atoms with van der Waals surface area (Å²) >= 11 is 0. The van der Waals surface area contributed by atoms with E-state index in [1.807, 2.05) is 11.0 Å². The van der Waals surface area contributed by atoms with Gasteiger partial charge in [-0.25, -0.2) is 15.0 Å². The van der Waals surface area contributed by atoms with Gasteiger partial charge in [-0.2, -0.15) is 0 Å². The first kappa shape index (κ1) is 30.2. The lowest BCUT2D eigenvalue weighted by atomic mass is 9.84. The summed E-state index contributed by atoms with van der Waals surface area (Å²) in [6.45, 7) is 4.90. The van der Waals surface area contributed by atoms with Crippen LogP contribution in [0.4, 0.5) is 5.82 Å². The molecule has 12 nitrogen and oxygen atoms in total. The number of β-amino-alcohol motifs (C(OH)–C–C–N with tert-alkyl or cyclic N) is 1. The summed E-state index contributed by atoms with van der Waals surface area (Å²) in [5.41, 5.74) is 3.77. The van der Waals surface area contributed by atoms with E-state index in [0.717, 1.165) is 57.2 Å². The number of likely N-dealkylation sites (tertiary alicyclic amines) is 1. The highest BCUT2D eigenvalue weighted by molar-refractivity contribution is 5.92. The topological polar surface area (TPSA) is 146 Å². The zero-order chi connectivity index (χ0) is 30.5. The van der Waals surface area contributed by atoms with Crippen molar-refractivity contribution in [2.75, 3.05) is 38.0 Å². The van der Waals surface area contributed by atoms with Crippen molar-refractivity contribution in [2.45, 2.75) is 70.4 Å². The fourth-order valence-corrected chi connectivity index (χ4v) is 6.29. The van der Waals surface area contributed by atoms with E-state index < -0.39 is 6.10 Å². The highest BCUT2D eigenvalue weighted by Crippen LogP contribution is 2.33. The molecule has 4 heterocycles. The number of aliphatic hydroxyl groups is 1. The number of hydrogen-bond donors (Lipinski definition) is 3. The number of hydrogen-bond acceptors (Lipinski definition) is 10. The first-order chi connectivity index (χ1) is 21.4. The summed E-state index contributed by atoms with van der Waals surface area (Å²) in [5.74, 6) is 1.34. The molecule has 0 spiro atoms. The number of piperidine rings is 1. The van der Waals surface area contributed by atoms with Gasteiger partial charge < -0.3 is 29.8 Å². The van der Waals surface area contributed by atoms with Crippen LogP contribution in [0.3, 0.4) is 0 Å². The van der Waals surface area contributed by atoms with Gasteiger partial charge in [0.25, 0.3) is 5.91 Å². The molecule has 2 fully saturated rings. The lowest BCUT2D eigenvalue weighted by Gasteiger charge is -2.38. The van der Waals surface area contributed by atoms with Crippen molar-refractivity contribution in [1.82, 2.24) is 30.1 Å². The molecule has 3 N–H and O–H groups in total. The third-order valence-corrected chi connectivity index (χ3v) is 9.02. The van der Waals surface area contributed by atoms with Crippen LogP contribution in [-0.4, -0.2) is 86.5 Å². The zero-order valence-electron chi connectivity index (χ0n) is 25.2. The highest BCUT2D eigenvalue weighted by atomic mass is 16.5. The number of amides is 2. The number of carbonyl (C=O) groups excluding carboxylic acids is 2. The van der Waals surface area contributed by atoms with E-state index in [-0.39, 0.29) is 42.9 Å². The number of anilines is 1. The Hall–Kier alpha value is -3.87. The van der Waals surface area contributed by atoms with Crippen LogP contribution in [-0.2, 0) is 22.6 Å². The van der Waals surface area contributed by atoms with Crippen LogP contribution in [0.5, 0.6) is 0 Å². The van der Waals surface area contributed by atoms with Gasteiger partial charge in [0.1, 0.15) is 36.4 Å². The van der Waals surface area contributed by atoms with Gasteiger partial charge in [-0.1, -0.05) is 24.6 Å². The fraction of sp³-hybridized carbons (Fsp3) is 0.531. The molecule has 0 radical (unpaired) electrons. The average Bonchev–Trinajstić information content (AvgIpc) is 3.53. The quantitative estimate of drug-likeness (QED) is 0.299. The molecular formula is C32H41N7O5. The number of ether oxygens (including phenoxy) is 1. The standard InChI is InChI=1S/C32H41N7O5/c1-21-4-2-7-27-26(21)10-13-39(32(27)43-18-25-16-33-20-44-25)17-24(40)15-34-30(41)28-14-29(36-19-35-28)37-23-8-11-38(12-9-23)31(42)22-5-3-6-22/h2,4,7,14,16,19-20,22-24,32,40H,3,5-6,8-13,15,17-18H2,1H3,(H,34,41)(H,35,36,37)/t24-,32?/m0/s1. The number of aryl methyl sites for hydroxylation is 1. The molecule has 3 aliphatic rings. The van der Waals surface area contributed by atoms with E-state index in [1.54, 1.807) is 12.3 Å². The second-order valence-electron chi connectivity index (χ2n) is 12.0. The van der Waals surface area contributed by atoms with Crippen LogP contribution >= 0.6 is 0 Å². The van der Waals surface area contributed by atoms with Crippen LogP contribution in [0.1, 0.15) is 71.3 Å². The van der Waals surface area contributed by atoms with Crippen molar-refractivity contribution in [3.05, 3.63) is 71.3 Å². The van der Waals surface area contributed by atoms with Crippen molar-refractivity contribution >= 4 is 17.6 Å². The Morgan fingerprint density at radius 3 is 2.75 bits per heavy atom. The molecule has 1 saturated carbocycles. The molecule has 1 aliphatic carbocycles. The van der Waals surface area contributed by atoms with Crippen LogP contribution in [0, 0.1) is 12.8 Å². The van der Waals surface area contributed by atoms with Crippen LogP contribution in [0.15, 0.2) is 47.6 Å². The number of fused-ring (bicyclic) bond motifs is 1. The number of carbonyl (C=O) groups is 2. The van der Waals surface area contributed by atoms with Crippen molar-refractivity contribution in [2.24, 2.45) is 5.92 Å². The second-order valence-corrected chi connectivity index (χ2v) is 12.0. The minimum atomic E-state index is -0.825. The fourth-order valence-electron chi connectivity index (χ4n) is 6.29. The highest BCUT2D eigenvalue weighted by Gasteiger charge is 2.32. The van der Waals surface area contributed by atoms with E-state index in [9.17, 15) is 14.7 Å². The Bertz CT molecular complexity index is 1420. The van der Waals surface area contributed by atoms with E-state index in [2.05, 4.69) is 49.5 Å². The Balaban J connectivity index is 1.00. The van der Waals surface area contributed by atoms with Gasteiger partial charge in [-0.05, 0) is 55.7 Å². The van der Waals surface area contributed by atoms with Gasteiger partial charge in [0.2, 0.25) is 5.91 Å². The van der Waals surface area contributed by atoms with Crippen molar-refractivity contribution in [3.8, 4) is 0 Å². The summed E-state index contributed by atoms with van der Waals surface area (Å²) in [6.07, 6.45) is 8.89. The number of nitrogens with zero attached hydrogens (tertiary/aromatic N) is 5. The molecule has 2 aliphatic heterocycles. The molecule has 2 atom stereocenters.